The number of nitro benzene ring substituents is 1. The number of hydrogen-bond acceptors (Lipinski definition) is 7. The number of ether oxygens (including phenoxy) is 1. The average Bonchev–Trinajstić information content (AvgIpc) is 3.26. The maximum Gasteiger partial charge on any atom is 0.273 e. The fourth-order valence-corrected chi connectivity index (χ4v) is 3.82. The molecule has 1 aromatic heterocycles. The van der Waals surface area contributed by atoms with Crippen molar-refractivity contribution in [2.45, 2.75) is 13.8 Å². The van der Waals surface area contributed by atoms with E-state index >= 15 is 0 Å². The summed E-state index contributed by atoms with van der Waals surface area (Å²) >= 11 is 5.27. The number of non-ortho nitro benzene ring substituents is 1. The molecule has 1 N–H and O–H groups in total. The number of carbonyl (C=O) groups excluding carboxylic acids is 2. The van der Waals surface area contributed by atoms with Crippen molar-refractivity contribution in [3.8, 4) is 17.1 Å². The van der Waals surface area contributed by atoms with E-state index in [1.54, 1.807) is 12.1 Å². The number of amides is 2. The van der Waals surface area contributed by atoms with Gasteiger partial charge >= 0.3 is 0 Å². The largest absolute Gasteiger partial charge is 0.496 e. The number of nitrogens with zero attached hydrogens (tertiary/aromatic N) is 2. The number of rotatable bonds is 5. The van der Waals surface area contributed by atoms with Gasteiger partial charge in [-0.25, -0.2) is 0 Å². The van der Waals surface area contributed by atoms with Crippen LogP contribution >= 0.6 is 12.2 Å². The maximum atomic E-state index is 13.3. The molecule has 3 aromatic rings. The Kier molecular flexibility index (Phi) is 5.99. The van der Waals surface area contributed by atoms with Crippen molar-refractivity contribution < 1.29 is 23.7 Å². The average molecular weight is 477 g/mol. The third-order valence-electron chi connectivity index (χ3n) is 5.28. The van der Waals surface area contributed by atoms with E-state index in [2.05, 4.69) is 5.32 Å². The topological polar surface area (TPSA) is 115 Å². The maximum absolute atomic E-state index is 13.3. The summed E-state index contributed by atoms with van der Waals surface area (Å²) in [6.07, 6.45) is 1.33. The fourth-order valence-electron chi connectivity index (χ4n) is 3.55. The number of methoxy groups -OCH3 is 1. The first kappa shape index (κ1) is 22.9. The molecule has 0 spiro atoms. The Hall–Kier alpha value is -4.31. The van der Waals surface area contributed by atoms with Gasteiger partial charge in [-0.1, -0.05) is 12.1 Å². The zero-order chi connectivity index (χ0) is 24.6. The first-order chi connectivity index (χ1) is 16.2. The van der Waals surface area contributed by atoms with E-state index in [4.69, 9.17) is 21.4 Å². The molecule has 0 aliphatic carbocycles. The highest BCUT2D eigenvalue weighted by atomic mass is 32.1. The molecule has 2 aromatic carbocycles. The van der Waals surface area contributed by atoms with Crippen LogP contribution in [0.15, 0.2) is 58.5 Å². The minimum atomic E-state index is -0.637. The summed E-state index contributed by atoms with van der Waals surface area (Å²) in [4.78, 5) is 37.7. The predicted octanol–water partition coefficient (Wildman–Crippen LogP) is 4.31. The smallest absolute Gasteiger partial charge is 0.273 e. The van der Waals surface area contributed by atoms with Gasteiger partial charge in [0.2, 0.25) is 0 Å². The molecule has 4 rings (SSSR count). The highest BCUT2D eigenvalue weighted by molar-refractivity contribution is 7.80. The number of benzene rings is 2. The number of anilines is 1. The first-order valence-electron chi connectivity index (χ1n) is 10.1. The number of hydrogen-bond donors (Lipinski definition) is 1. The second kappa shape index (κ2) is 8.91. The van der Waals surface area contributed by atoms with Crippen LogP contribution in [0.1, 0.15) is 16.9 Å². The van der Waals surface area contributed by atoms with Gasteiger partial charge in [-0.2, -0.15) is 0 Å². The van der Waals surface area contributed by atoms with E-state index in [-0.39, 0.29) is 27.9 Å². The van der Waals surface area contributed by atoms with Gasteiger partial charge in [-0.05, 0) is 67.5 Å². The molecule has 0 radical (unpaired) electrons. The number of thiocarbonyl (C=S) groups is 1. The number of furan rings is 1. The normalized spacial score (nSPS) is 15.0. The standard InChI is InChI=1S/C24H19N3O6S/c1-13-4-5-14(2)19(10-13)26-23(29)18(22(28)25-24(26)34)12-16-7-9-20(33-16)17-8-6-15(27(30)31)11-21(17)32-3/h4-12H,1-3H3,(H,25,28,34)/b18-12+. The monoisotopic (exact) mass is 477 g/mol. The number of nitrogens with one attached hydrogen (secondary N) is 1. The first-order valence-corrected chi connectivity index (χ1v) is 10.5. The van der Waals surface area contributed by atoms with Crippen molar-refractivity contribution in [3.05, 3.63) is 81.1 Å². The molecular weight excluding hydrogens is 458 g/mol. The van der Waals surface area contributed by atoms with Crippen LogP contribution in [0, 0.1) is 24.0 Å². The van der Waals surface area contributed by atoms with Crippen LogP contribution in [-0.2, 0) is 9.59 Å². The zero-order valence-electron chi connectivity index (χ0n) is 18.4. The fraction of sp³-hybridized carbons (Fsp3) is 0.125. The summed E-state index contributed by atoms with van der Waals surface area (Å²) in [6, 6.07) is 12.9. The van der Waals surface area contributed by atoms with Crippen LogP contribution in [0.5, 0.6) is 5.75 Å². The molecule has 2 amide bonds. The minimum Gasteiger partial charge on any atom is -0.496 e. The molecule has 0 saturated carbocycles. The van der Waals surface area contributed by atoms with Crippen molar-refractivity contribution in [2.75, 3.05) is 12.0 Å². The molecular formula is C24H19N3O6S. The molecule has 34 heavy (non-hydrogen) atoms. The molecule has 1 saturated heterocycles. The lowest BCUT2D eigenvalue weighted by Crippen LogP contribution is -2.54. The molecule has 1 aliphatic rings. The van der Waals surface area contributed by atoms with E-state index in [0.29, 0.717) is 17.0 Å². The summed E-state index contributed by atoms with van der Waals surface area (Å²) in [5, 5.41) is 13.6. The van der Waals surface area contributed by atoms with Crippen LogP contribution in [0.2, 0.25) is 0 Å². The third-order valence-corrected chi connectivity index (χ3v) is 5.57. The van der Waals surface area contributed by atoms with E-state index in [9.17, 15) is 19.7 Å². The molecule has 1 aliphatic heterocycles. The summed E-state index contributed by atoms with van der Waals surface area (Å²) < 4.78 is 11.1. The lowest BCUT2D eigenvalue weighted by molar-refractivity contribution is -0.384. The molecule has 1 fully saturated rings. The summed E-state index contributed by atoms with van der Waals surface area (Å²) in [7, 11) is 1.39. The van der Waals surface area contributed by atoms with Crippen LogP contribution in [0.25, 0.3) is 17.4 Å². The molecule has 0 atom stereocenters. The lowest BCUT2D eigenvalue weighted by atomic mass is 10.1. The van der Waals surface area contributed by atoms with Gasteiger partial charge in [0.1, 0.15) is 22.8 Å². The van der Waals surface area contributed by atoms with E-state index in [0.717, 1.165) is 11.1 Å². The van der Waals surface area contributed by atoms with E-state index < -0.39 is 16.7 Å². The summed E-state index contributed by atoms with van der Waals surface area (Å²) in [5.74, 6) is -0.372. The Balaban J connectivity index is 1.70. The Morgan fingerprint density at radius 1 is 1.12 bits per heavy atom. The van der Waals surface area contributed by atoms with Gasteiger partial charge in [-0.15, -0.1) is 0 Å². The minimum absolute atomic E-state index is 0.00315. The second-order valence-corrected chi connectivity index (χ2v) is 7.98. The van der Waals surface area contributed by atoms with Gasteiger partial charge in [0.05, 0.1) is 29.4 Å². The number of nitro groups is 1. The van der Waals surface area contributed by atoms with E-state index in [1.807, 2.05) is 32.0 Å². The van der Waals surface area contributed by atoms with Gasteiger partial charge in [0, 0.05) is 6.07 Å². The molecule has 172 valence electrons. The van der Waals surface area contributed by atoms with Gasteiger partial charge in [-0.3, -0.25) is 29.9 Å². The summed E-state index contributed by atoms with van der Waals surface area (Å²) in [6.45, 7) is 3.74. The van der Waals surface area contributed by atoms with E-state index in [1.165, 1.54) is 36.3 Å². The van der Waals surface area contributed by atoms with Gasteiger partial charge in [0.25, 0.3) is 17.5 Å². The van der Waals surface area contributed by atoms with Crippen LogP contribution in [0.4, 0.5) is 11.4 Å². The molecule has 10 heteroatoms. The van der Waals surface area contributed by atoms with Crippen molar-refractivity contribution in [1.82, 2.24) is 5.32 Å². The predicted molar refractivity (Wildman–Crippen MR) is 129 cm³/mol. The lowest BCUT2D eigenvalue weighted by Gasteiger charge is -2.30. The number of carbonyl (C=O) groups is 2. The molecule has 0 unspecified atom stereocenters. The summed E-state index contributed by atoms with van der Waals surface area (Å²) in [5.41, 5.74) is 2.55. The highest BCUT2D eigenvalue weighted by Gasteiger charge is 2.35. The van der Waals surface area contributed by atoms with Crippen LogP contribution in [-0.4, -0.2) is 29.0 Å². The van der Waals surface area contributed by atoms with Crippen molar-refractivity contribution in [1.29, 1.82) is 0 Å². The number of aryl methyl sites for hydroxylation is 2. The van der Waals surface area contributed by atoms with Gasteiger partial charge in [0.15, 0.2) is 5.11 Å². The Labute approximate surface area is 199 Å². The SMILES string of the molecule is COc1cc([N+](=O)[O-])ccc1-c1ccc(/C=C2\C(=O)NC(=S)N(c3cc(C)ccc3C)C2=O)o1. The molecule has 0 bridgehead atoms. The van der Waals surface area contributed by atoms with Crippen molar-refractivity contribution in [3.63, 3.8) is 0 Å². The van der Waals surface area contributed by atoms with Crippen molar-refractivity contribution in [2.24, 2.45) is 0 Å². The Morgan fingerprint density at radius 3 is 2.59 bits per heavy atom. The molecule has 9 nitrogen and oxygen atoms in total. The van der Waals surface area contributed by atoms with Crippen molar-refractivity contribution >= 4 is 46.6 Å². The Bertz CT molecular complexity index is 1390. The Morgan fingerprint density at radius 2 is 1.88 bits per heavy atom. The van der Waals surface area contributed by atoms with Gasteiger partial charge < -0.3 is 9.15 Å². The van der Waals surface area contributed by atoms with Crippen LogP contribution in [0.3, 0.4) is 0 Å². The third kappa shape index (κ3) is 4.18. The highest BCUT2D eigenvalue weighted by Crippen LogP contribution is 2.35. The quantitative estimate of drug-likeness (QED) is 0.191. The second-order valence-electron chi connectivity index (χ2n) is 7.59. The zero-order valence-corrected chi connectivity index (χ0v) is 19.3. The molecule has 2 heterocycles. The van der Waals surface area contributed by atoms with Crippen LogP contribution < -0.4 is 15.0 Å².